The van der Waals surface area contributed by atoms with E-state index in [1.54, 1.807) is 0 Å². The molecule has 2 atom stereocenters. The van der Waals surface area contributed by atoms with Gasteiger partial charge in [-0.2, -0.15) is 0 Å². The van der Waals surface area contributed by atoms with E-state index in [4.69, 9.17) is 0 Å². The number of likely N-dealkylation sites (tertiary alicyclic amines) is 1. The van der Waals surface area contributed by atoms with Crippen LogP contribution in [-0.2, 0) is 0 Å². The average Bonchev–Trinajstić information content (AvgIpc) is 2.09. The van der Waals surface area contributed by atoms with Crippen LogP contribution in [0.4, 0.5) is 4.39 Å². The van der Waals surface area contributed by atoms with Crippen LogP contribution in [0.1, 0.15) is 0 Å². The van der Waals surface area contributed by atoms with Gasteiger partial charge in [-0.1, -0.05) is 0 Å². The standard InChI is InChI=1S/C8H17FN2/c1-10(2)4-7-5-11(3)6-8(7)9/h7-8H,4-6H2,1-3H3. The molecule has 1 fully saturated rings. The molecule has 0 radical (unpaired) electrons. The zero-order valence-corrected chi connectivity index (χ0v) is 7.55. The Bertz CT molecular complexity index is 127. The SMILES string of the molecule is CN(C)CC1CN(C)CC1F. The Balaban J connectivity index is 2.34. The lowest BCUT2D eigenvalue weighted by Gasteiger charge is -2.16. The van der Waals surface area contributed by atoms with Gasteiger partial charge in [-0.25, -0.2) is 4.39 Å². The van der Waals surface area contributed by atoms with Crippen molar-refractivity contribution in [3.8, 4) is 0 Å². The Morgan fingerprint density at radius 1 is 1.45 bits per heavy atom. The molecule has 0 N–H and O–H groups in total. The summed E-state index contributed by atoms with van der Waals surface area (Å²) >= 11 is 0. The van der Waals surface area contributed by atoms with E-state index in [2.05, 4.69) is 9.80 Å². The number of hydrogen-bond acceptors (Lipinski definition) is 2. The predicted octanol–water partition coefficient (Wildman–Crippen LogP) is 0.448. The van der Waals surface area contributed by atoms with Crippen LogP contribution in [0.15, 0.2) is 0 Å². The second-order valence-electron chi connectivity index (χ2n) is 3.76. The van der Waals surface area contributed by atoms with Crippen molar-refractivity contribution in [3.63, 3.8) is 0 Å². The molecule has 1 aliphatic rings. The van der Waals surface area contributed by atoms with E-state index in [1.165, 1.54) is 0 Å². The van der Waals surface area contributed by atoms with Gasteiger partial charge in [-0.3, -0.25) is 0 Å². The van der Waals surface area contributed by atoms with E-state index in [-0.39, 0.29) is 5.92 Å². The maximum absolute atomic E-state index is 13.1. The summed E-state index contributed by atoms with van der Waals surface area (Å²) in [4.78, 5) is 4.11. The maximum Gasteiger partial charge on any atom is 0.118 e. The summed E-state index contributed by atoms with van der Waals surface area (Å²) in [6, 6.07) is 0. The van der Waals surface area contributed by atoms with Crippen LogP contribution in [0.5, 0.6) is 0 Å². The van der Waals surface area contributed by atoms with Gasteiger partial charge in [-0.15, -0.1) is 0 Å². The van der Waals surface area contributed by atoms with Crippen molar-refractivity contribution >= 4 is 0 Å². The van der Waals surface area contributed by atoms with E-state index in [0.717, 1.165) is 13.1 Å². The Morgan fingerprint density at radius 2 is 2.09 bits per heavy atom. The molecule has 3 heteroatoms. The highest BCUT2D eigenvalue weighted by atomic mass is 19.1. The van der Waals surface area contributed by atoms with Crippen molar-refractivity contribution in [2.75, 3.05) is 40.8 Å². The van der Waals surface area contributed by atoms with Crippen LogP contribution in [0.2, 0.25) is 0 Å². The molecule has 1 aliphatic heterocycles. The molecule has 1 rings (SSSR count). The molecule has 1 saturated heterocycles. The molecule has 0 aromatic carbocycles. The maximum atomic E-state index is 13.1. The molecule has 1 heterocycles. The highest BCUT2D eigenvalue weighted by Gasteiger charge is 2.30. The highest BCUT2D eigenvalue weighted by molar-refractivity contribution is 4.83. The highest BCUT2D eigenvalue weighted by Crippen LogP contribution is 2.18. The second kappa shape index (κ2) is 3.50. The van der Waals surface area contributed by atoms with Gasteiger partial charge >= 0.3 is 0 Å². The molecule has 2 unspecified atom stereocenters. The Kier molecular flexibility index (Phi) is 2.84. The molecule has 11 heavy (non-hydrogen) atoms. The lowest BCUT2D eigenvalue weighted by atomic mass is 10.1. The van der Waals surface area contributed by atoms with E-state index in [1.807, 2.05) is 21.1 Å². The van der Waals surface area contributed by atoms with Crippen molar-refractivity contribution < 1.29 is 4.39 Å². The van der Waals surface area contributed by atoms with Gasteiger partial charge in [0.25, 0.3) is 0 Å². The lowest BCUT2D eigenvalue weighted by molar-refractivity contribution is 0.231. The van der Waals surface area contributed by atoms with Crippen LogP contribution in [0.25, 0.3) is 0 Å². The summed E-state index contributed by atoms with van der Waals surface area (Å²) in [6.45, 7) is 2.38. The average molecular weight is 160 g/mol. The summed E-state index contributed by atoms with van der Waals surface area (Å²) in [6.07, 6.45) is -0.623. The minimum atomic E-state index is -0.623. The van der Waals surface area contributed by atoms with Crippen molar-refractivity contribution in [3.05, 3.63) is 0 Å². The third kappa shape index (κ3) is 2.42. The second-order valence-corrected chi connectivity index (χ2v) is 3.76. The number of rotatable bonds is 2. The number of hydrogen-bond donors (Lipinski definition) is 0. The molecule has 0 spiro atoms. The van der Waals surface area contributed by atoms with Crippen LogP contribution in [-0.4, -0.2) is 56.7 Å². The quantitative estimate of drug-likeness (QED) is 0.578. The molecular formula is C8H17FN2. The van der Waals surface area contributed by atoms with E-state index < -0.39 is 6.17 Å². The number of alkyl halides is 1. The first-order chi connectivity index (χ1) is 5.09. The van der Waals surface area contributed by atoms with Gasteiger partial charge < -0.3 is 9.80 Å². The summed E-state index contributed by atoms with van der Waals surface area (Å²) < 4.78 is 13.1. The number of nitrogens with zero attached hydrogens (tertiary/aromatic N) is 2. The largest absolute Gasteiger partial charge is 0.309 e. The van der Waals surface area contributed by atoms with Crippen LogP contribution in [0, 0.1) is 5.92 Å². The first-order valence-corrected chi connectivity index (χ1v) is 4.07. The van der Waals surface area contributed by atoms with Crippen LogP contribution >= 0.6 is 0 Å². The zero-order chi connectivity index (χ0) is 8.43. The molecule has 0 amide bonds. The first-order valence-electron chi connectivity index (χ1n) is 4.07. The van der Waals surface area contributed by atoms with Gasteiger partial charge in [0.1, 0.15) is 6.17 Å². The van der Waals surface area contributed by atoms with E-state index in [9.17, 15) is 4.39 Å². The lowest BCUT2D eigenvalue weighted by Crippen LogP contribution is -2.27. The summed E-state index contributed by atoms with van der Waals surface area (Å²) in [5.41, 5.74) is 0. The first kappa shape index (κ1) is 8.94. The minimum Gasteiger partial charge on any atom is -0.309 e. The summed E-state index contributed by atoms with van der Waals surface area (Å²) in [5, 5.41) is 0. The molecule has 2 nitrogen and oxygen atoms in total. The smallest absolute Gasteiger partial charge is 0.118 e. The fourth-order valence-corrected chi connectivity index (χ4v) is 1.68. The van der Waals surface area contributed by atoms with E-state index >= 15 is 0 Å². The fraction of sp³-hybridized carbons (Fsp3) is 1.00. The topological polar surface area (TPSA) is 6.48 Å². The zero-order valence-electron chi connectivity index (χ0n) is 7.55. The molecule has 66 valence electrons. The normalized spacial score (nSPS) is 33.5. The Morgan fingerprint density at radius 3 is 2.45 bits per heavy atom. The number of halogens is 1. The molecular weight excluding hydrogens is 143 g/mol. The Labute approximate surface area is 68.0 Å². The third-order valence-electron chi connectivity index (χ3n) is 2.14. The van der Waals surface area contributed by atoms with Gasteiger partial charge in [-0.05, 0) is 21.1 Å². The van der Waals surface area contributed by atoms with Crippen molar-refractivity contribution in [2.45, 2.75) is 6.17 Å². The van der Waals surface area contributed by atoms with Crippen LogP contribution in [0.3, 0.4) is 0 Å². The summed E-state index contributed by atoms with van der Waals surface area (Å²) in [7, 11) is 5.96. The molecule has 0 aromatic heterocycles. The molecule has 0 aromatic rings. The minimum absolute atomic E-state index is 0.218. The van der Waals surface area contributed by atoms with Crippen molar-refractivity contribution in [1.82, 2.24) is 9.80 Å². The van der Waals surface area contributed by atoms with Gasteiger partial charge in [0.05, 0.1) is 0 Å². The third-order valence-corrected chi connectivity index (χ3v) is 2.14. The van der Waals surface area contributed by atoms with Gasteiger partial charge in [0, 0.05) is 25.6 Å². The van der Waals surface area contributed by atoms with Crippen LogP contribution < -0.4 is 0 Å². The molecule has 0 aliphatic carbocycles. The fourth-order valence-electron chi connectivity index (χ4n) is 1.68. The van der Waals surface area contributed by atoms with Gasteiger partial charge in [0.15, 0.2) is 0 Å². The molecule has 0 saturated carbocycles. The van der Waals surface area contributed by atoms with E-state index in [0.29, 0.717) is 6.54 Å². The predicted molar refractivity (Wildman–Crippen MR) is 44.4 cm³/mol. The van der Waals surface area contributed by atoms with Gasteiger partial charge in [0.2, 0.25) is 0 Å². The monoisotopic (exact) mass is 160 g/mol. The van der Waals surface area contributed by atoms with Crippen molar-refractivity contribution in [1.29, 1.82) is 0 Å². The Hall–Kier alpha value is -0.150. The van der Waals surface area contributed by atoms with Crippen molar-refractivity contribution in [2.24, 2.45) is 5.92 Å². The molecule has 0 bridgehead atoms. The summed E-state index contributed by atoms with van der Waals surface area (Å²) in [5.74, 6) is 0.218.